The van der Waals surface area contributed by atoms with Gasteiger partial charge in [-0.15, -0.1) is 0 Å². The molecule has 0 unspecified atom stereocenters. The van der Waals surface area contributed by atoms with Gasteiger partial charge in [-0.05, 0) is 243 Å². The van der Waals surface area contributed by atoms with E-state index in [0.29, 0.717) is 0 Å². The van der Waals surface area contributed by atoms with Crippen molar-refractivity contribution in [2.75, 3.05) is 0 Å². The van der Waals surface area contributed by atoms with E-state index in [0.717, 1.165) is 11.4 Å². The van der Waals surface area contributed by atoms with Gasteiger partial charge in [0.05, 0.1) is 66.3 Å². The van der Waals surface area contributed by atoms with Crippen LogP contribution in [-0.2, 0) is 10.8 Å². The highest BCUT2D eigenvalue weighted by Crippen LogP contribution is 2.61. The van der Waals surface area contributed by atoms with E-state index < -0.39 is 10.8 Å². The van der Waals surface area contributed by atoms with Gasteiger partial charge in [-0.1, -0.05) is 388 Å². The Balaban J connectivity index is 0.000000136. The zero-order valence-corrected chi connectivity index (χ0v) is 73.3. The van der Waals surface area contributed by atoms with Gasteiger partial charge in [0, 0.05) is 65.2 Å². The first-order valence-corrected chi connectivity index (χ1v) is 46.5. The summed E-state index contributed by atoms with van der Waals surface area (Å²) in [7, 11) is 0. The smallest absolute Gasteiger partial charge is 0.0714 e. The number of para-hydroxylation sites is 2. The highest BCUT2D eigenvalue weighted by Gasteiger charge is 2.48. The lowest BCUT2D eigenvalue weighted by molar-refractivity contribution is 0.769. The molecule has 0 bridgehead atoms. The lowest BCUT2D eigenvalue weighted by Crippen LogP contribution is -2.28. The molecule has 4 heteroatoms. The first-order valence-electron chi connectivity index (χ1n) is 46.5. The average Bonchev–Trinajstić information content (AvgIpc) is 1.52. The summed E-state index contributed by atoms with van der Waals surface area (Å²) in [6, 6.07) is 189. The SMILES string of the molecule is c1ccc(-c2cccc(-n3c4ccccc4c4cc(-c5ccc6c(c5)c5cc7c(cc5n6-c5cccc6ccccc56)-c5ccccc5C7(c5ccccc5)c5ccccc5)ccc43)c2)cc1.c1ccc(-c2cccc(-n3c4ccccc4c4cc(-c5ccc6c(c5)c5cc7c(cc5n6-c5cccc6ccccc56)C(c5ccccc5)(c5ccccc5)c5ccccc5-7)ccc43)c2)cc1. The molecule has 0 saturated carbocycles. The van der Waals surface area contributed by atoms with Crippen LogP contribution in [-0.4, -0.2) is 18.3 Å². The summed E-state index contributed by atoms with van der Waals surface area (Å²) in [6.07, 6.45) is 0. The maximum absolute atomic E-state index is 2.54. The number of hydrogen-bond acceptors (Lipinski definition) is 0. The first kappa shape index (κ1) is 76.6. The van der Waals surface area contributed by atoms with E-state index >= 15 is 0 Å². The van der Waals surface area contributed by atoms with Crippen molar-refractivity contribution in [2.24, 2.45) is 0 Å². The molecule has 0 amide bonds. The summed E-state index contributed by atoms with van der Waals surface area (Å²) < 4.78 is 9.89. The Morgan fingerprint density at radius 2 is 0.418 bits per heavy atom. The molecule has 2 aliphatic rings. The van der Waals surface area contributed by atoms with Crippen molar-refractivity contribution in [3.63, 3.8) is 0 Å². The maximum Gasteiger partial charge on any atom is 0.0714 e. The molecule has 26 aromatic rings. The van der Waals surface area contributed by atoms with Crippen molar-refractivity contribution in [2.45, 2.75) is 10.8 Å². The third-order valence-corrected chi connectivity index (χ3v) is 29.1. The molecule has 0 aliphatic heterocycles. The minimum absolute atomic E-state index is 0.506. The van der Waals surface area contributed by atoms with Crippen LogP contribution in [0.15, 0.2) is 510 Å². The maximum atomic E-state index is 2.54. The van der Waals surface area contributed by atoms with Gasteiger partial charge >= 0.3 is 0 Å². The van der Waals surface area contributed by atoms with Crippen molar-refractivity contribution < 1.29 is 0 Å². The van der Waals surface area contributed by atoms with Gasteiger partial charge in [0.1, 0.15) is 0 Å². The third-order valence-electron chi connectivity index (χ3n) is 29.1. The van der Waals surface area contributed by atoms with Crippen molar-refractivity contribution in [1.29, 1.82) is 0 Å². The van der Waals surface area contributed by atoms with Crippen LogP contribution in [0.3, 0.4) is 0 Å². The van der Waals surface area contributed by atoms with E-state index in [-0.39, 0.29) is 0 Å². The number of hydrogen-bond donors (Lipinski definition) is 0. The molecule has 28 rings (SSSR count). The van der Waals surface area contributed by atoms with Gasteiger partial charge in [0.25, 0.3) is 0 Å². The molecule has 2 aliphatic carbocycles. The molecule has 0 saturated heterocycles. The quantitative estimate of drug-likeness (QED) is 0.116. The third kappa shape index (κ3) is 11.6. The van der Waals surface area contributed by atoms with Crippen LogP contribution in [0.1, 0.15) is 44.5 Å². The van der Waals surface area contributed by atoms with Gasteiger partial charge < -0.3 is 18.3 Å². The van der Waals surface area contributed by atoms with Crippen LogP contribution in [0.5, 0.6) is 0 Å². The summed E-state index contributed by atoms with van der Waals surface area (Å²) in [5, 5.41) is 14.8. The summed E-state index contributed by atoms with van der Waals surface area (Å²) in [5.74, 6) is 0. The number of aromatic nitrogens is 4. The molecule has 134 heavy (non-hydrogen) atoms. The first-order chi connectivity index (χ1) is 66.5. The summed E-state index contributed by atoms with van der Waals surface area (Å²) in [6.45, 7) is 0. The zero-order chi connectivity index (χ0) is 88.1. The highest BCUT2D eigenvalue weighted by molar-refractivity contribution is 6.18. The van der Waals surface area contributed by atoms with Gasteiger partial charge in [-0.25, -0.2) is 0 Å². The Morgan fingerprint density at radius 1 is 0.134 bits per heavy atom. The summed E-state index contributed by atoms with van der Waals surface area (Å²) in [4.78, 5) is 0. The Hall–Kier alpha value is -17.4. The molecule has 4 aromatic heterocycles. The predicted octanol–water partition coefficient (Wildman–Crippen LogP) is 33.5. The van der Waals surface area contributed by atoms with Crippen LogP contribution in [0.25, 0.3) is 198 Å². The lowest BCUT2D eigenvalue weighted by Gasteiger charge is -2.34. The number of rotatable bonds is 12. The predicted molar refractivity (Wildman–Crippen MR) is 562 cm³/mol. The number of benzene rings is 22. The van der Waals surface area contributed by atoms with E-state index in [9.17, 15) is 0 Å². The molecule has 0 fully saturated rings. The average molecular weight is 1700 g/mol. The molecule has 4 nitrogen and oxygen atoms in total. The molecular formula is C130H84N4. The van der Waals surface area contributed by atoms with Crippen molar-refractivity contribution in [1.82, 2.24) is 18.3 Å². The molecule has 0 spiro atoms. The zero-order valence-electron chi connectivity index (χ0n) is 73.3. The largest absolute Gasteiger partial charge is 0.309 e. The fourth-order valence-corrected chi connectivity index (χ4v) is 23.4. The molecule has 4 heterocycles. The second kappa shape index (κ2) is 30.6. The van der Waals surface area contributed by atoms with Crippen molar-refractivity contribution >= 4 is 109 Å². The normalized spacial score (nSPS) is 12.9. The molecule has 0 atom stereocenters. The van der Waals surface area contributed by atoms with E-state index in [2.05, 4.69) is 528 Å². The van der Waals surface area contributed by atoms with Gasteiger partial charge in [-0.2, -0.15) is 0 Å². The molecule has 22 aromatic carbocycles. The Kier molecular flexibility index (Phi) is 17.5. The highest BCUT2D eigenvalue weighted by atomic mass is 15.0. The minimum Gasteiger partial charge on any atom is -0.309 e. The van der Waals surface area contributed by atoms with Gasteiger partial charge in [0.15, 0.2) is 0 Å². The van der Waals surface area contributed by atoms with Crippen LogP contribution >= 0.6 is 0 Å². The van der Waals surface area contributed by atoms with E-state index in [1.165, 1.54) is 231 Å². The van der Waals surface area contributed by atoms with Gasteiger partial charge in [0.2, 0.25) is 0 Å². The standard InChI is InChI=1S/2C65H42N2/c1-4-18-43(19-5-1)45-22-16-27-50(38-45)66-61-32-15-13-30-53(61)55-39-46(34-36-62(55)66)47-35-37-63-56(40-47)57-41-59-54(42-64(57)67(63)60-33-17-21-44-20-10-11-28-51(44)60)52-29-12-14-31-58(52)65(59,48-23-6-2-7-24-48)49-25-8-3-9-26-49;1-4-18-43(19-5-1)45-22-16-27-50(38-45)66-61-32-15-13-30-53(61)55-39-46(34-36-62(55)66)47-35-37-63-56(40-47)57-41-54-52-29-12-14-31-58(52)65(48-23-6-2-7-24-48,49-25-8-3-9-26-49)59(54)42-64(57)67(63)60-33-17-21-44-20-10-11-28-51(44)60/h2*1-42H. The van der Waals surface area contributed by atoms with Crippen molar-refractivity contribution in [3.8, 4) is 89.5 Å². The molecule has 0 N–H and O–H groups in total. The van der Waals surface area contributed by atoms with Crippen LogP contribution in [0, 0.1) is 0 Å². The van der Waals surface area contributed by atoms with Crippen LogP contribution in [0.2, 0.25) is 0 Å². The monoisotopic (exact) mass is 1700 g/mol. The lowest BCUT2D eigenvalue weighted by atomic mass is 9.67. The fraction of sp³-hybridized carbons (Fsp3) is 0.0154. The van der Waals surface area contributed by atoms with E-state index in [1.807, 2.05) is 0 Å². The fourth-order valence-electron chi connectivity index (χ4n) is 23.4. The Morgan fingerprint density at radius 3 is 0.843 bits per heavy atom. The van der Waals surface area contributed by atoms with E-state index in [1.54, 1.807) is 0 Å². The Labute approximate surface area is 776 Å². The van der Waals surface area contributed by atoms with Crippen LogP contribution < -0.4 is 0 Å². The Bertz CT molecular complexity index is 9140. The van der Waals surface area contributed by atoms with Gasteiger partial charge in [-0.3, -0.25) is 0 Å². The minimum atomic E-state index is -0.509. The summed E-state index contributed by atoms with van der Waals surface area (Å²) >= 11 is 0. The van der Waals surface area contributed by atoms with Crippen LogP contribution in [0.4, 0.5) is 0 Å². The topological polar surface area (TPSA) is 19.7 Å². The molecule has 0 radical (unpaired) electrons. The second-order valence-electron chi connectivity index (χ2n) is 36.0. The van der Waals surface area contributed by atoms with E-state index in [4.69, 9.17) is 0 Å². The second-order valence-corrected chi connectivity index (χ2v) is 36.0. The number of fused-ring (bicyclic) bond motifs is 20. The molecular weight excluding hydrogens is 1620 g/mol. The molecule has 624 valence electrons. The summed E-state index contributed by atoms with van der Waals surface area (Å²) in [5.41, 5.74) is 38.2. The van der Waals surface area contributed by atoms with Crippen molar-refractivity contribution in [3.05, 3.63) is 554 Å². The number of nitrogens with zero attached hydrogens (tertiary/aromatic N) is 4.